The van der Waals surface area contributed by atoms with Crippen molar-refractivity contribution < 1.29 is 24.2 Å². The van der Waals surface area contributed by atoms with Crippen LogP contribution >= 0.6 is 0 Å². The quantitative estimate of drug-likeness (QED) is 0.0676. The summed E-state index contributed by atoms with van der Waals surface area (Å²) in [4.78, 5) is 53.2. The van der Waals surface area contributed by atoms with Gasteiger partial charge in [-0.15, -0.1) is 0 Å². The lowest BCUT2D eigenvalue weighted by Crippen LogP contribution is -2.39. The maximum Gasteiger partial charge on any atom is 0.338 e. The third-order valence-corrected chi connectivity index (χ3v) is 11.4. The molecule has 8 nitrogen and oxygen atoms in total. The Morgan fingerprint density at radius 3 is 2.14 bits per heavy atom. The molecule has 2 fully saturated rings. The highest BCUT2D eigenvalue weighted by atomic mass is 16.5. The maximum atomic E-state index is 14.7. The van der Waals surface area contributed by atoms with Gasteiger partial charge in [0.05, 0.1) is 35.3 Å². The molecule has 56 heavy (non-hydrogen) atoms. The summed E-state index contributed by atoms with van der Waals surface area (Å²) in [5, 5.41) is 15.0. The van der Waals surface area contributed by atoms with E-state index in [4.69, 9.17) is 9.72 Å². The number of nitrogens with zero attached hydrogens (tertiary/aromatic N) is 3. The molecule has 3 heterocycles. The molecule has 1 N–H and O–H groups in total. The molecule has 2 aliphatic carbocycles. The van der Waals surface area contributed by atoms with E-state index >= 15 is 0 Å². The summed E-state index contributed by atoms with van der Waals surface area (Å²) in [5.74, 6) is -4.08. The Labute approximate surface area is 324 Å². The van der Waals surface area contributed by atoms with Gasteiger partial charge in [-0.3, -0.25) is 24.5 Å². The fourth-order valence-corrected chi connectivity index (χ4v) is 9.05. The Hall–Kier alpha value is -6.77. The van der Waals surface area contributed by atoms with Gasteiger partial charge >= 0.3 is 5.97 Å². The zero-order chi connectivity index (χ0) is 38.4. The Bertz CT molecular complexity index is 2480. The predicted molar refractivity (Wildman–Crippen MR) is 213 cm³/mol. The molecule has 4 aromatic carbocycles. The minimum Gasteiger partial charge on any atom is -0.460 e. The van der Waals surface area contributed by atoms with Gasteiger partial charge in [0.15, 0.2) is 5.60 Å². The van der Waals surface area contributed by atoms with Gasteiger partial charge in [-0.05, 0) is 62.9 Å². The Morgan fingerprint density at radius 1 is 0.750 bits per heavy atom. The van der Waals surface area contributed by atoms with Crippen molar-refractivity contribution in [2.45, 2.75) is 5.60 Å². The fraction of sp³-hybridized carbons (Fsp3) is 0.146. The number of carbonyl (C=O) groups is 3. The summed E-state index contributed by atoms with van der Waals surface area (Å²) >= 11 is 0. The summed E-state index contributed by atoms with van der Waals surface area (Å²) in [6.45, 7) is 3.72. The smallest absolute Gasteiger partial charge is 0.338 e. The molecule has 1 saturated carbocycles. The van der Waals surface area contributed by atoms with Crippen LogP contribution in [0.5, 0.6) is 0 Å². The summed E-state index contributed by atoms with van der Waals surface area (Å²) in [7, 11) is 0. The van der Waals surface area contributed by atoms with Crippen LogP contribution in [0.3, 0.4) is 0 Å². The molecule has 6 aromatic rings. The van der Waals surface area contributed by atoms with E-state index in [9.17, 15) is 19.5 Å². The molecular weight excluding hydrogens is 699 g/mol. The van der Waals surface area contributed by atoms with Crippen molar-refractivity contribution in [1.82, 2.24) is 14.9 Å². The van der Waals surface area contributed by atoms with E-state index in [1.807, 2.05) is 133 Å². The molecule has 2 aromatic heterocycles. The normalized spacial score (nSPS) is 21.7. The fourth-order valence-electron chi connectivity index (χ4n) is 9.05. The second-order valence-electron chi connectivity index (χ2n) is 14.3. The number of rotatable bonds is 10. The van der Waals surface area contributed by atoms with E-state index in [2.05, 4.69) is 11.6 Å². The largest absolute Gasteiger partial charge is 0.460 e. The van der Waals surface area contributed by atoms with Crippen LogP contribution in [0.25, 0.3) is 21.9 Å². The van der Waals surface area contributed by atoms with Gasteiger partial charge in [0.1, 0.15) is 6.61 Å². The standard InChI is InChI=1S/C48H37N3O5/c1-30(34-22-14-18-31-15-8-9-21-35(31)34)47(54)56-28-27-51-45(52)42-36-29-37(48(55,33-19-6-3-7-20-33)39-24-11-13-26-50-39)43(44(42)46(51)53)41(36)40(32-16-4-2-5-17-32)38-23-10-12-25-49-38/h2-26,29,36,42-44,55H,1,27-28H2. The number of aliphatic hydroxyl groups is 1. The topological polar surface area (TPSA) is 110 Å². The monoisotopic (exact) mass is 735 g/mol. The first-order valence-electron chi connectivity index (χ1n) is 18.7. The first kappa shape index (κ1) is 35.0. The van der Waals surface area contributed by atoms with Gasteiger partial charge < -0.3 is 9.84 Å². The number of hydrogen-bond donors (Lipinski definition) is 1. The molecule has 5 atom stereocenters. The highest BCUT2D eigenvalue weighted by molar-refractivity contribution is 6.19. The molecule has 9 rings (SSSR count). The van der Waals surface area contributed by atoms with Crippen LogP contribution in [-0.2, 0) is 24.7 Å². The number of esters is 1. The lowest BCUT2D eigenvalue weighted by Gasteiger charge is -2.36. The van der Waals surface area contributed by atoms with Gasteiger partial charge in [-0.2, -0.15) is 0 Å². The van der Waals surface area contributed by atoms with Crippen LogP contribution in [0.1, 0.15) is 28.1 Å². The third kappa shape index (κ3) is 5.60. The molecule has 1 aliphatic heterocycles. The number of imide groups is 1. The SMILES string of the molecule is C=C(C(=O)OCCN1C(=O)C2C3C=C(C(O)(c4ccccc4)c4ccccn4)C(C3=C(c3ccccc3)c3ccccn3)C2C1=O)c1cccc2ccccc12. The number of aromatic nitrogens is 2. The van der Waals surface area contributed by atoms with Crippen LogP contribution in [0.2, 0.25) is 0 Å². The lowest BCUT2D eigenvalue weighted by molar-refractivity contribution is -0.145. The minimum atomic E-state index is -1.72. The van der Waals surface area contributed by atoms with Crippen LogP contribution in [0, 0.1) is 23.7 Å². The number of benzene rings is 4. The number of likely N-dealkylation sites (tertiary alicyclic amines) is 1. The average Bonchev–Trinajstić information content (AvgIpc) is 3.87. The second-order valence-corrected chi connectivity index (χ2v) is 14.3. The maximum absolute atomic E-state index is 14.7. The molecule has 274 valence electrons. The highest BCUT2D eigenvalue weighted by Crippen LogP contribution is 2.64. The third-order valence-electron chi connectivity index (χ3n) is 11.4. The molecule has 2 amide bonds. The number of amides is 2. The van der Waals surface area contributed by atoms with E-state index in [1.54, 1.807) is 24.5 Å². The van der Waals surface area contributed by atoms with Crippen molar-refractivity contribution in [3.63, 3.8) is 0 Å². The van der Waals surface area contributed by atoms with Crippen molar-refractivity contribution in [2.75, 3.05) is 13.2 Å². The molecule has 1 saturated heterocycles. The zero-order valence-corrected chi connectivity index (χ0v) is 30.4. The van der Waals surface area contributed by atoms with E-state index in [1.165, 1.54) is 4.90 Å². The summed E-state index contributed by atoms with van der Waals surface area (Å²) in [6.07, 6.45) is 5.35. The van der Waals surface area contributed by atoms with Crippen molar-refractivity contribution in [3.8, 4) is 0 Å². The molecule has 3 aliphatic rings. The van der Waals surface area contributed by atoms with Crippen molar-refractivity contribution in [1.29, 1.82) is 0 Å². The highest BCUT2D eigenvalue weighted by Gasteiger charge is 2.66. The predicted octanol–water partition coefficient (Wildman–Crippen LogP) is 7.41. The van der Waals surface area contributed by atoms with Crippen LogP contribution in [0.15, 0.2) is 176 Å². The first-order chi connectivity index (χ1) is 27.4. The molecule has 5 unspecified atom stereocenters. The van der Waals surface area contributed by atoms with E-state index in [0.29, 0.717) is 28.1 Å². The summed E-state index contributed by atoms with van der Waals surface area (Å²) < 4.78 is 5.66. The number of pyridine rings is 2. The zero-order valence-electron chi connectivity index (χ0n) is 30.4. The first-order valence-corrected chi connectivity index (χ1v) is 18.7. The number of ether oxygens (including phenoxy) is 1. The molecule has 0 spiro atoms. The van der Waals surface area contributed by atoms with Gasteiger partial charge in [0.2, 0.25) is 11.8 Å². The van der Waals surface area contributed by atoms with Crippen molar-refractivity contribution in [2.24, 2.45) is 23.7 Å². The Morgan fingerprint density at radius 2 is 1.41 bits per heavy atom. The summed E-state index contributed by atoms with van der Waals surface area (Å²) in [6, 6.07) is 43.6. The average molecular weight is 736 g/mol. The molecule has 0 radical (unpaired) electrons. The van der Waals surface area contributed by atoms with Gasteiger partial charge in [0, 0.05) is 29.8 Å². The van der Waals surface area contributed by atoms with E-state index < -0.39 is 35.2 Å². The van der Waals surface area contributed by atoms with Gasteiger partial charge in [0.25, 0.3) is 0 Å². The number of carbonyl (C=O) groups excluding carboxylic acids is 3. The van der Waals surface area contributed by atoms with E-state index in [-0.39, 0.29) is 30.5 Å². The summed E-state index contributed by atoms with van der Waals surface area (Å²) in [5.41, 5.74) is 4.01. The molecule has 8 heteroatoms. The van der Waals surface area contributed by atoms with Crippen LogP contribution in [0.4, 0.5) is 0 Å². The van der Waals surface area contributed by atoms with Gasteiger partial charge in [-0.1, -0.05) is 128 Å². The van der Waals surface area contributed by atoms with Crippen LogP contribution < -0.4 is 0 Å². The van der Waals surface area contributed by atoms with Crippen molar-refractivity contribution in [3.05, 3.63) is 204 Å². The number of fused-ring (bicyclic) bond motifs is 6. The Kier molecular flexibility index (Phi) is 8.83. The Balaban J connectivity index is 1.09. The van der Waals surface area contributed by atoms with Gasteiger partial charge in [-0.25, -0.2) is 4.79 Å². The molecular formula is C48H37N3O5. The minimum absolute atomic E-state index is 0.109. The number of hydrogen-bond acceptors (Lipinski definition) is 7. The van der Waals surface area contributed by atoms with Crippen LogP contribution in [-0.4, -0.2) is 50.9 Å². The second kappa shape index (κ2) is 14.1. The lowest BCUT2D eigenvalue weighted by atomic mass is 9.71. The van der Waals surface area contributed by atoms with Crippen molar-refractivity contribution >= 4 is 39.7 Å². The van der Waals surface area contributed by atoms with E-state index in [0.717, 1.165) is 27.5 Å². The number of allylic oxidation sites excluding steroid dienone is 2. The molecule has 2 bridgehead atoms.